The molecule has 0 aliphatic carbocycles. The van der Waals surface area contributed by atoms with Crippen molar-refractivity contribution >= 4 is 10.9 Å². The van der Waals surface area contributed by atoms with Crippen molar-refractivity contribution in [3.05, 3.63) is 30.0 Å². The van der Waals surface area contributed by atoms with Crippen LogP contribution in [0.15, 0.2) is 24.3 Å². The molecule has 0 radical (unpaired) electrons. The van der Waals surface area contributed by atoms with Gasteiger partial charge in [0, 0.05) is 11.9 Å². The number of nitrogens with one attached hydrogen (secondary N) is 1. The average Bonchev–Trinajstić information content (AvgIpc) is 2.84. The number of nitrogens with zero attached hydrogens (tertiary/aromatic N) is 2. The Labute approximate surface area is 128 Å². The molecule has 1 unspecified atom stereocenters. The van der Waals surface area contributed by atoms with Gasteiger partial charge in [-0.15, -0.1) is 0 Å². The van der Waals surface area contributed by atoms with Crippen molar-refractivity contribution in [2.24, 2.45) is 11.8 Å². The van der Waals surface area contributed by atoms with Crippen molar-refractivity contribution in [1.29, 1.82) is 0 Å². The van der Waals surface area contributed by atoms with Crippen LogP contribution in [0.2, 0.25) is 0 Å². The molecule has 2 aromatic rings. The highest BCUT2D eigenvalue weighted by atomic mass is 15.3. The summed E-state index contributed by atoms with van der Waals surface area (Å²) in [5.41, 5.74) is 2.52. The molecule has 0 bridgehead atoms. The summed E-state index contributed by atoms with van der Waals surface area (Å²) >= 11 is 0. The first-order valence-corrected chi connectivity index (χ1v) is 8.32. The molecule has 1 atom stereocenters. The number of hydrogen-bond donors (Lipinski definition) is 1. The first-order valence-electron chi connectivity index (χ1n) is 8.32. The Morgan fingerprint density at radius 2 is 1.95 bits per heavy atom. The third kappa shape index (κ3) is 3.85. The van der Waals surface area contributed by atoms with Gasteiger partial charge in [-0.25, -0.2) is 0 Å². The Kier molecular flexibility index (Phi) is 5.80. The van der Waals surface area contributed by atoms with Crippen molar-refractivity contribution in [3.63, 3.8) is 0 Å². The minimum Gasteiger partial charge on any atom is -0.316 e. The summed E-state index contributed by atoms with van der Waals surface area (Å²) in [5.74, 6) is 1.31. The number of aryl methyl sites for hydroxylation is 1. The van der Waals surface area contributed by atoms with Gasteiger partial charge in [0.2, 0.25) is 0 Å². The molecule has 3 nitrogen and oxygen atoms in total. The highest BCUT2D eigenvalue weighted by Gasteiger charge is 2.18. The molecule has 0 saturated heterocycles. The van der Waals surface area contributed by atoms with Crippen LogP contribution in [0.4, 0.5) is 0 Å². The maximum Gasteiger partial charge on any atom is 0.0706 e. The number of benzene rings is 1. The van der Waals surface area contributed by atoms with Gasteiger partial charge in [0.1, 0.15) is 0 Å². The number of para-hydroxylation sites is 1. The summed E-state index contributed by atoms with van der Waals surface area (Å²) in [7, 11) is 0. The van der Waals surface area contributed by atoms with E-state index in [0.29, 0.717) is 11.8 Å². The zero-order chi connectivity index (χ0) is 15.2. The van der Waals surface area contributed by atoms with E-state index < -0.39 is 0 Å². The Hall–Kier alpha value is -1.35. The molecule has 21 heavy (non-hydrogen) atoms. The topological polar surface area (TPSA) is 29.9 Å². The van der Waals surface area contributed by atoms with E-state index in [1.54, 1.807) is 0 Å². The van der Waals surface area contributed by atoms with Crippen LogP contribution < -0.4 is 5.32 Å². The lowest BCUT2D eigenvalue weighted by Crippen LogP contribution is -2.28. The largest absolute Gasteiger partial charge is 0.316 e. The minimum atomic E-state index is 0.639. The molecule has 1 aromatic carbocycles. The second-order valence-electron chi connectivity index (χ2n) is 6.19. The van der Waals surface area contributed by atoms with Crippen LogP contribution in [0.25, 0.3) is 10.9 Å². The molecule has 0 fully saturated rings. The third-order valence-electron chi connectivity index (χ3n) is 4.27. The standard InChI is InChI=1S/C18H29N3/c1-5-11-19-13-15(14(3)4)12-17-16-9-7-8-10-18(16)21(6-2)20-17/h7-10,14-15,19H,5-6,11-13H2,1-4H3. The van der Waals surface area contributed by atoms with Gasteiger partial charge in [-0.2, -0.15) is 5.10 Å². The zero-order valence-electron chi connectivity index (χ0n) is 13.9. The Balaban J connectivity index is 2.20. The summed E-state index contributed by atoms with van der Waals surface area (Å²) in [6, 6.07) is 8.60. The highest BCUT2D eigenvalue weighted by molar-refractivity contribution is 5.81. The van der Waals surface area contributed by atoms with Crippen LogP contribution in [0.1, 0.15) is 39.8 Å². The normalized spacial score (nSPS) is 13.2. The fourth-order valence-corrected chi connectivity index (χ4v) is 2.84. The van der Waals surface area contributed by atoms with E-state index in [1.807, 2.05) is 0 Å². The quantitative estimate of drug-likeness (QED) is 0.747. The van der Waals surface area contributed by atoms with Gasteiger partial charge in [0.25, 0.3) is 0 Å². The van der Waals surface area contributed by atoms with Crippen LogP contribution >= 0.6 is 0 Å². The Morgan fingerprint density at radius 3 is 2.62 bits per heavy atom. The molecule has 1 heterocycles. The van der Waals surface area contributed by atoms with Gasteiger partial charge in [-0.1, -0.05) is 39.0 Å². The lowest BCUT2D eigenvalue weighted by Gasteiger charge is -2.20. The summed E-state index contributed by atoms with van der Waals surface area (Å²) < 4.78 is 2.13. The van der Waals surface area contributed by atoms with Crippen LogP contribution in [0.3, 0.4) is 0 Å². The van der Waals surface area contributed by atoms with E-state index >= 15 is 0 Å². The Morgan fingerprint density at radius 1 is 1.19 bits per heavy atom. The van der Waals surface area contributed by atoms with Crippen molar-refractivity contribution in [2.75, 3.05) is 13.1 Å². The zero-order valence-corrected chi connectivity index (χ0v) is 13.9. The fourth-order valence-electron chi connectivity index (χ4n) is 2.84. The van der Waals surface area contributed by atoms with Gasteiger partial charge in [-0.05, 0) is 50.8 Å². The van der Waals surface area contributed by atoms with Crippen molar-refractivity contribution < 1.29 is 0 Å². The van der Waals surface area contributed by atoms with Gasteiger partial charge in [0.05, 0.1) is 11.2 Å². The summed E-state index contributed by atoms with van der Waals surface area (Å²) in [4.78, 5) is 0. The van der Waals surface area contributed by atoms with Crippen LogP contribution in [0.5, 0.6) is 0 Å². The number of fused-ring (bicyclic) bond motifs is 1. The third-order valence-corrected chi connectivity index (χ3v) is 4.27. The van der Waals surface area contributed by atoms with E-state index in [9.17, 15) is 0 Å². The predicted molar refractivity (Wildman–Crippen MR) is 90.6 cm³/mol. The molecule has 3 heteroatoms. The van der Waals surface area contributed by atoms with Crippen molar-refractivity contribution in [2.45, 2.75) is 47.1 Å². The van der Waals surface area contributed by atoms with E-state index in [1.165, 1.54) is 23.0 Å². The molecule has 2 rings (SSSR count). The van der Waals surface area contributed by atoms with Gasteiger partial charge in [-0.3, -0.25) is 4.68 Å². The van der Waals surface area contributed by atoms with E-state index in [0.717, 1.165) is 26.1 Å². The lowest BCUT2D eigenvalue weighted by atomic mass is 9.90. The average molecular weight is 287 g/mol. The van der Waals surface area contributed by atoms with E-state index in [2.05, 4.69) is 62.0 Å². The van der Waals surface area contributed by atoms with Crippen LogP contribution in [-0.2, 0) is 13.0 Å². The molecular weight excluding hydrogens is 258 g/mol. The monoisotopic (exact) mass is 287 g/mol. The van der Waals surface area contributed by atoms with Gasteiger partial charge >= 0.3 is 0 Å². The molecule has 0 amide bonds. The maximum absolute atomic E-state index is 4.85. The first kappa shape index (κ1) is 16.0. The minimum absolute atomic E-state index is 0.639. The predicted octanol–water partition coefficient (Wildman–Crippen LogP) is 3.87. The van der Waals surface area contributed by atoms with Crippen molar-refractivity contribution in [3.8, 4) is 0 Å². The van der Waals surface area contributed by atoms with Crippen molar-refractivity contribution in [1.82, 2.24) is 15.1 Å². The maximum atomic E-state index is 4.85. The van der Waals surface area contributed by atoms with Crippen LogP contribution in [0, 0.1) is 11.8 Å². The highest BCUT2D eigenvalue weighted by Crippen LogP contribution is 2.23. The molecule has 1 N–H and O–H groups in total. The number of rotatable bonds is 8. The van der Waals surface area contributed by atoms with Gasteiger partial charge in [0.15, 0.2) is 0 Å². The molecule has 0 aliphatic rings. The molecule has 116 valence electrons. The lowest BCUT2D eigenvalue weighted by molar-refractivity contribution is 0.358. The van der Waals surface area contributed by atoms with E-state index in [4.69, 9.17) is 5.10 Å². The van der Waals surface area contributed by atoms with Crippen LogP contribution in [-0.4, -0.2) is 22.9 Å². The summed E-state index contributed by atoms with van der Waals surface area (Å²) in [6.07, 6.45) is 2.25. The fraction of sp³-hybridized carbons (Fsp3) is 0.611. The second-order valence-corrected chi connectivity index (χ2v) is 6.19. The van der Waals surface area contributed by atoms with E-state index in [-0.39, 0.29) is 0 Å². The Bertz CT molecular complexity index is 557. The molecule has 0 saturated carbocycles. The molecular formula is C18H29N3. The molecule has 0 aliphatic heterocycles. The molecule has 1 aromatic heterocycles. The SMILES string of the molecule is CCCNCC(Cc1nn(CC)c2ccccc12)C(C)C. The summed E-state index contributed by atoms with van der Waals surface area (Å²) in [5, 5.41) is 9.74. The second kappa shape index (κ2) is 7.60. The molecule has 0 spiro atoms. The number of aromatic nitrogens is 2. The smallest absolute Gasteiger partial charge is 0.0706 e. The summed E-state index contributed by atoms with van der Waals surface area (Å²) in [6.45, 7) is 12.1. The number of hydrogen-bond acceptors (Lipinski definition) is 2. The first-order chi connectivity index (χ1) is 10.2. The van der Waals surface area contributed by atoms with Gasteiger partial charge < -0.3 is 5.32 Å².